The first-order chi connectivity index (χ1) is 10.4. The van der Waals surface area contributed by atoms with Crippen molar-refractivity contribution in [1.82, 2.24) is 4.98 Å². The molecule has 0 N–H and O–H groups in total. The fourth-order valence-electron chi connectivity index (χ4n) is 2.28. The highest BCUT2D eigenvalue weighted by molar-refractivity contribution is 7.09. The highest BCUT2D eigenvalue weighted by atomic mass is 32.1. The molecule has 116 valence electrons. The van der Waals surface area contributed by atoms with Gasteiger partial charge in [0.05, 0.1) is 9.93 Å². The topological polar surface area (TPSA) is 76.3 Å². The minimum Gasteiger partial charge on any atom is -0.368 e. The number of benzene rings is 1. The van der Waals surface area contributed by atoms with E-state index in [0.29, 0.717) is 17.8 Å². The van der Waals surface area contributed by atoms with Crippen LogP contribution in [0.5, 0.6) is 0 Å². The number of anilines is 1. The lowest BCUT2D eigenvalue weighted by molar-refractivity contribution is -0.384. The summed E-state index contributed by atoms with van der Waals surface area (Å²) in [6.45, 7) is 4.03. The van der Waals surface area contributed by atoms with Crippen molar-refractivity contribution < 1.29 is 9.72 Å². The fraction of sp³-hybridized carbons (Fsp3) is 0.333. The minimum absolute atomic E-state index is 0.0541. The summed E-state index contributed by atoms with van der Waals surface area (Å²) >= 11 is 1.57. The maximum absolute atomic E-state index is 11.4. The van der Waals surface area contributed by atoms with E-state index in [-0.39, 0.29) is 17.4 Å². The molecule has 1 aromatic carbocycles. The molecule has 0 amide bonds. The number of rotatable bonds is 6. The van der Waals surface area contributed by atoms with Gasteiger partial charge in [-0.15, -0.1) is 11.3 Å². The van der Waals surface area contributed by atoms with Crippen molar-refractivity contribution in [3.8, 4) is 0 Å². The van der Waals surface area contributed by atoms with Gasteiger partial charge in [0, 0.05) is 42.7 Å². The number of nitrogens with zero attached hydrogens (tertiary/aromatic N) is 3. The van der Waals surface area contributed by atoms with Crippen LogP contribution in [0.25, 0.3) is 0 Å². The molecule has 0 bridgehead atoms. The predicted molar refractivity (Wildman–Crippen MR) is 86.9 cm³/mol. The molecule has 22 heavy (non-hydrogen) atoms. The summed E-state index contributed by atoms with van der Waals surface area (Å²) in [4.78, 5) is 28.3. The largest absolute Gasteiger partial charge is 0.368 e. The Morgan fingerprint density at radius 3 is 2.77 bits per heavy atom. The zero-order valence-electron chi connectivity index (χ0n) is 12.6. The first-order valence-corrected chi connectivity index (χ1v) is 7.68. The minimum atomic E-state index is -0.452. The second-order valence-electron chi connectivity index (χ2n) is 5.17. The number of likely N-dealkylation sites (N-methyl/N-ethyl adjacent to an activating group) is 1. The van der Waals surface area contributed by atoms with Crippen LogP contribution in [0, 0.1) is 10.1 Å². The molecule has 7 heteroatoms. The molecule has 0 saturated carbocycles. The number of aromatic nitrogens is 1. The van der Waals surface area contributed by atoms with Gasteiger partial charge in [-0.1, -0.05) is 6.92 Å². The van der Waals surface area contributed by atoms with Gasteiger partial charge in [0.1, 0.15) is 5.69 Å². The monoisotopic (exact) mass is 319 g/mol. The van der Waals surface area contributed by atoms with E-state index in [2.05, 4.69) is 4.98 Å². The molecular formula is C15H17N3O3S. The van der Waals surface area contributed by atoms with E-state index in [4.69, 9.17) is 0 Å². The molecule has 1 heterocycles. The lowest BCUT2D eigenvalue weighted by Gasteiger charge is -2.22. The van der Waals surface area contributed by atoms with Crippen LogP contribution in [0.4, 0.5) is 11.4 Å². The second kappa shape index (κ2) is 6.65. The second-order valence-corrected chi connectivity index (χ2v) is 6.09. The average Bonchev–Trinajstić information content (AvgIpc) is 3.00. The van der Waals surface area contributed by atoms with Gasteiger partial charge in [-0.3, -0.25) is 14.9 Å². The van der Waals surface area contributed by atoms with Crippen molar-refractivity contribution in [3.05, 3.63) is 50.5 Å². The Kier molecular flexibility index (Phi) is 4.87. The SMILES string of the molecule is CC(=O)c1ccc(N(C)C[C@@H](C)c2nccs2)c([N+](=O)[O-])c1. The Hall–Kier alpha value is -2.28. The quantitative estimate of drug-likeness (QED) is 0.463. The van der Waals surface area contributed by atoms with Crippen LogP contribution in [0.2, 0.25) is 0 Å². The Morgan fingerprint density at radius 1 is 1.50 bits per heavy atom. The van der Waals surface area contributed by atoms with E-state index in [0.717, 1.165) is 5.01 Å². The number of thiazole rings is 1. The number of nitro groups is 1. The van der Waals surface area contributed by atoms with E-state index in [1.807, 2.05) is 17.2 Å². The molecule has 0 unspecified atom stereocenters. The van der Waals surface area contributed by atoms with Gasteiger partial charge in [0.25, 0.3) is 5.69 Å². The van der Waals surface area contributed by atoms with Crippen LogP contribution in [0.15, 0.2) is 29.8 Å². The summed E-state index contributed by atoms with van der Waals surface area (Å²) in [6, 6.07) is 4.58. The molecule has 2 aromatic rings. The molecular weight excluding hydrogens is 302 g/mol. The summed E-state index contributed by atoms with van der Waals surface area (Å²) in [5.74, 6) is -0.0226. The summed E-state index contributed by atoms with van der Waals surface area (Å²) in [7, 11) is 1.81. The van der Waals surface area contributed by atoms with Crippen molar-refractivity contribution in [3.63, 3.8) is 0 Å². The van der Waals surface area contributed by atoms with Gasteiger partial charge in [-0.25, -0.2) is 4.98 Å². The molecule has 0 spiro atoms. The maximum Gasteiger partial charge on any atom is 0.293 e. The highest BCUT2D eigenvalue weighted by Gasteiger charge is 2.21. The van der Waals surface area contributed by atoms with Crippen LogP contribution in [0.3, 0.4) is 0 Å². The van der Waals surface area contributed by atoms with Crippen molar-refractivity contribution in [2.45, 2.75) is 19.8 Å². The molecule has 0 aliphatic heterocycles. The lowest BCUT2D eigenvalue weighted by atomic mass is 10.1. The van der Waals surface area contributed by atoms with E-state index < -0.39 is 4.92 Å². The van der Waals surface area contributed by atoms with E-state index in [1.165, 1.54) is 13.0 Å². The summed E-state index contributed by atoms with van der Waals surface area (Å²) in [5.41, 5.74) is 0.789. The Labute approximate surface area is 132 Å². The predicted octanol–water partition coefficient (Wildman–Crippen LogP) is 3.49. The van der Waals surface area contributed by atoms with Crippen molar-refractivity contribution in [2.24, 2.45) is 0 Å². The third-order valence-electron chi connectivity index (χ3n) is 3.41. The van der Waals surface area contributed by atoms with Gasteiger partial charge in [0.15, 0.2) is 5.78 Å². The molecule has 0 aliphatic carbocycles. The highest BCUT2D eigenvalue weighted by Crippen LogP contribution is 2.30. The van der Waals surface area contributed by atoms with Gasteiger partial charge in [-0.2, -0.15) is 0 Å². The molecule has 1 aromatic heterocycles. The third kappa shape index (κ3) is 3.48. The third-order valence-corrected chi connectivity index (χ3v) is 4.42. The standard InChI is InChI=1S/C15H17N3O3S/c1-10(15-16-6-7-22-15)9-17(3)13-5-4-12(11(2)19)8-14(13)18(20)21/h4-8,10H,9H2,1-3H3/t10-/m1/s1. The Bertz CT molecular complexity index is 685. The molecule has 0 fully saturated rings. The van der Waals surface area contributed by atoms with Crippen LogP contribution in [-0.4, -0.2) is 29.3 Å². The van der Waals surface area contributed by atoms with Gasteiger partial charge in [0.2, 0.25) is 0 Å². The zero-order chi connectivity index (χ0) is 16.3. The number of carbonyl (C=O) groups excluding carboxylic acids is 1. The molecule has 0 aliphatic rings. The normalized spacial score (nSPS) is 12.0. The van der Waals surface area contributed by atoms with Crippen LogP contribution in [0.1, 0.15) is 35.1 Å². The summed E-state index contributed by atoms with van der Waals surface area (Å²) in [6.07, 6.45) is 1.75. The van der Waals surface area contributed by atoms with Crippen LogP contribution >= 0.6 is 11.3 Å². The van der Waals surface area contributed by atoms with E-state index in [9.17, 15) is 14.9 Å². The van der Waals surface area contributed by atoms with E-state index >= 15 is 0 Å². The summed E-state index contributed by atoms with van der Waals surface area (Å²) in [5, 5.41) is 14.2. The number of hydrogen-bond acceptors (Lipinski definition) is 6. The van der Waals surface area contributed by atoms with Crippen molar-refractivity contribution in [1.29, 1.82) is 0 Å². The molecule has 6 nitrogen and oxygen atoms in total. The number of hydrogen-bond donors (Lipinski definition) is 0. The first-order valence-electron chi connectivity index (χ1n) is 6.80. The Balaban J connectivity index is 2.27. The van der Waals surface area contributed by atoms with Crippen molar-refractivity contribution >= 4 is 28.5 Å². The van der Waals surface area contributed by atoms with Gasteiger partial charge >= 0.3 is 0 Å². The Morgan fingerprint density at radius 2 is 2.23 bits per heavy atom. The molecule has 0 saturated heterocycles. The average molecular weight is 319 g/mol. The number of carbonyl (C=O) groups is 1. The maximum atomic E-state index is 11.4. The summed E-state index contributed by atoms with van der Waals surface area (Å²) < 4.78 is 0. The van der Waals surface area contributed by atoms with Crippen molar-refractivity contribution in [2.75, 3.05) is 18.5 Å². The number of nitro benzene ring substituents is 1. The van der Waals surface area contributed by atoms with Gasteiger partial charge < -0.3 is 4.90 Å². The molecule has 0 radical (unpaired) electrons. The lowest BCUT2D eigenvalue weighted by Crippen LogP contribution is -2.23. The fourth-order valence-corrected chi connectivity index (χ4v) is 2.97. The number of Topliss-reactive ketones (excluding diaryl/α,β-unsaturated/α-hetero) is 1. The zero-order valence-corrected chi connectivity index (χ0v) is 13.5. The van der Waals surface area contributed by atoms with Crippen LogP contribution < -0.4 is 4.90 Å². The first kappa shape index (κ1) is 16.1. The smallest absolute Gasteiger partial charge is 0.293 e. The molecule has 2 rings (SSSR count). The number of ketones is 1. The molecule has 1 atom stereocenters. The van der Waals surface area contributed by atoms with E-state index in [1.54, 1.807) is 36.7 Å². The van der Waals surface area contributed by atoms with Gasteiger partial charge in [-0.05, 0) is 19.1 Å². The van der Waals surface area contributed by atoms with Crippen LogP contribution in [-0.2, 0) is 0 Å².